The van der Waals surface area contributed by atoms with Crippen molar-refractivity contribution in [3.05, 3.63) is 15.8 Å². The lowest BCUT2D eigenvalue weighted by Crippen LogP contribution is -2.35. The van der Waals surface area contributed by atoms with E-state index in [0.717, 1.165) is 19.5 Å². The number of methoxy groups -OCH3 is 1. The highest BCUT2D eigenvalue weighted by molar-refractivity contribution is 5.68. The van der Waals surface area contributed by atoms with Crippen molar-refractivity contribution in [3.8, 4) is 5.75 Å². The molecule has 1 unspecified atom stereocenters. The summed E-state index contributed by atoms with van der Waals surface area (Å²) < 4.78 is 11.3. The Kier molecular flexibility index (Phi) is 6.78. The number of hydrogen-bond donors (Lipinski definition) is 0. The Labute approximate surface area is 148 Å². The predicted molar refractivity (Wildman–Crippen MR) is 92.7 cm³/mol. The predicted octanol–water partition coefficient (Wildman–Crippen LogP) is 2.91. The summed E-state index contributed by atoms with van der Waals surface area (Å²) in [4.78, 5) is 23.3. The number of amides is 1. The zero-order chi connectivity index (χ0) is 19.4. The monoisotopic (exact) mass is 356 g/mol. The van der Waals surface area contributed by atoms with Crippen LogP contribution < -0.4 is 4.74 Å². The van der Waals surface area contributed by atoms with Gasteiger partial charge in [0.1, 0.15) is 18.3 Å². The molecule has 9 nitrogen and oxygen atoms in total. The van der Waals surface area contributed by atoms with Gasteiger partial charge in [-0.2, -0.15) is 0 Å². The third-order valence-corrected chi connectivity index (χ3v) is 3.59. The van der Waals surface area contributed by atoms with Crippen molar-refractivity contribution in [1.29, 1.82) is 0 Å². The Hall–Kier alpha value is -2.32. The Bertz CT molecular complexity index is 621. The van der Waals surface area contributed by atoms with Gasteiger partial charge in [0.25, 0.3) is 0 Å². The Morgan fingerprint density at radius 1 is 1.40 bits per heavy atom. The Morgan fingerprint density at radius 3 is 2.36 bits per heavy atom. The summed E-state index contributed by atoms with van der Waals surface area (Å²) in [7, 11) is 2.89. The molecule has 1 saturated heterocycles. The second kappa shape index (κ2) is 8.17. The third-order valence-electron chi connectivity index (χ3n) is 3.59. The number of nitrogens with zero attached hydrogens (tertiary/aromatic N) is 4. The molecule has 0 bridgehead atoms. The van der Waals surface area contributed by atoms with Gasteiger partial charge in [0.15, 0.2) is 0 Å². The quantitative estimate of drug-likeness (QED) is 0.597. The van der Waals surface area contributed by atoms with E-state index in [-0.39, 0.29) is 23.3 Å². The fourth-order valence-electron chi connectivity index (χ4n) is 2.49. The molecule has 0 radical (unpaired) electrons. The number of aromatic nitrogens is 2. The number of hydrogen-bond acceptors (Lipinski definition) is 6. The van der Waals surface area contributed by atoms with Gasteiger partial charge in [-0.05, 0) is 45.0 Å². The molecule has 142 valence electrons. The molecule has 0 spiro atoms. The molecule has 1 amide bonds. The van der Waals surface area contributed by atoms with Gasteiger partial charge in [-0.25, -0.2) is 4.79 Å². The van der Waals surface area contributed by atoms with Gasteiger partial charge in [-0.15, -0.1) is 4.68 Å². The van der Waals surface area contributed by atoms with E-state index < -0.39 is 4.92 Å². The maximum atomic E-state index is 11.5. The first kappa shape index (κ1) is 20.7. The molecule has 0 aliphatic carbocycles. The Morgan fingerprint density at radius 2 is 2.00 bits per heavy atom. The molecule has 0 N–H and O–H groups in total. The third kappa shape index (κ3) is 5.91. The highest BCUT2D eigenvalue weighted by Gasteiger charge is 2.27. The van der Waals surface area contributed by atoms with Crippen LogP contribution in [0.1, 0.15) is 39.8 Å². The highest BCUT2D eigenvalue weighted by atomic mass is 16.6. The first-order chi connectivity index (χ1) is 11.5. The molecule has 2 heterocycles. The second-order valence-corrected chi connectivity index (χ2v) is 7.14. The van der Waals surface area contributed by atoms with Crippen LogP contribution in [0.25, 0.3) is 0 Å². The van der Waals surface area contributed by atoms with Gasteiger partial charge in [0.2, 0.25) is 5.75 Å². The van der Waals surface area contributed by atoms with Gasteiger partial charge >= 0.3 is 11.9 Å². The first-order valence-corrected chi connectivity index (χ1v) is 8.16. The summed E-state index contributed by atoms with van der Waals surface area (Å²) >= 11 is 0. The summed E-state index contributed by atoms with van der Waals surface area (Å²) in [6, 6.07) is 0. The lowest BCUT2D eigenvalue weighted by molar-refractivity contribution is -0.393. The van der Waals surface area contributed by atoms with Crippen LogP contribution in [0.2, 0.25) is 0 Å². The highest BCUT2D eigenvalue weighted by Crippen LogP contribution is 2.28. The molecule has 9 heteroatoms. The number of aryl methyl sites for hydroxylation is 2. The summed E-state index contributed by atoms with van der Waals surface area (Å²) in [5, 5.41) is 14.3. The van der Waals surface area contributed by atoms with Crippen molar-refractivity contribution in [2.75, 3.05) is 20.2 Å². The van der Waals surface area contributed by atoms with Crippen LogP contribution in [0.5, 0.6) is 5.75 Å². The van der Waals surface area contributed by atoms with Crippen LogP contribution in [0.4, 0.5) is 10.6 Å². The maximum absolute atomic E-state index is 11.5. The van der Waals surface area contributed by atoms with Gasteiger partial charge in [0.05, 0.1) is 7.11 Å². The lowest BCUT2D eigenvalue weighted by atomic mass is 10.2. The average Bonchev–Trinajstić information content (AvgIpc) is 3.00. The smallest absolute Gasteiger partial charge is 0.410 e. The van der Waals surface area contributed by atoms with Gasteiger partial charge < -0.3 is 24.5 Å². The summed E-state index contributed by atoms with van der Waals surface area (Å²) in [6.07, 6.45) is 0.927. The zero-order valence-corrected chi connectivity index (χ0v) is 16.0. The van der Waals surface area contributed by atoms with Crippen molar-refractivity contribution >= 4 is 11.9 Å². The fourth-order valence-corrected chi connectivity index (χ4v) is 2.49. The molecule has 1 aromatic rings. The second-order valence-electron chi connectivity index (χ2n) is 7.14. The molecule has 1 aliphatic rings. The van der Waals surface area contributed by atoms with Crippen LogP contribution in [0.3, 0.4) is 0 Å². The summed E-state index contributed by atoms with van der Waals surface area (Å²) in [6.45, 7) is 11.2. The average molecular weight is 356 g/mol. The van der Waals surface area contributed by atoms with E-state index in [4.69, 9.17) is 9.47 Å². The molecule has 1 fully saturated rings. The normalized spacial score (nSPS) is 16.9. The molecule has 25 heavy (non-hydrogen) atoms. The zero-order valence-electron chi connectivity index (χ0n) is 16.0. The topological polar surface area (TPSA) is 99.7 Å². The fraction of sp³-hybridized carbons (Fsp3) is 0.750. The summed E-state index contributed by atoms with van der Waals surface area (Å²) in [5.74, 6) is 0.727. The van der Waals surface area contributed by atoms with Crippen LogP contribution in [-0.4, -0.2) is 51.5 Å². The van der Waals surface area contributed by atoms with Crippen molar-refractivity contribution in [2.45, 2.75) is 46.6 Å². The number of ether oxygens (including phenoxy) is 2. The molecule has 1 aromatic heterocycles. The Balaban J connectivity index is 0.000000251. The molecule has 0 saturated carbocycles. The molecule has 1 aliphatic heterocycles. The van der Waals surface area contributed by atoms with Crippen LogP contribution in [-0.2, 0) is 11.8 Å². The number of nitro groups is 1. The standard InChI is InChI=1S/C10H19NO2.C6H9N3O3/c1-8-5-6-11(7-8)9(12)13-10(2,3)4;1-4-5(12-3)6(9(10)11)8(2)7-4/h8H,5-7H2,1-4H3;1-3H3. The van der Waals surface area contributed by atoms with E-state index in [0.29, 0.717) is 11.6 Å². The molecule has 1 atom stereocenters. The molecule has 0 aromatic carbocycles. The van der Waals surface area contributed by atoms with Gasteiger partial charge in [0, 0.05) is 13.1 Å². The van der Waals surface area contributed by atoms with Gasteiger partial charge in [-0.3, -0.25) is 0 Å². The van der Waals surface area contributed by atoms with Crippen LogP contribution >= 0.6 is 0 Å². The molecule has 2 rings (SSSR count). The van der Waals surface area contributed by atoms with E-state index in [1.54, 1.807) is 11.8 Å². The van der Waals surface area contributed by atoms with Crippen molar-refractivity contribution in [2.24, 2.45) is 13.0 Å². The van der Waals surface area contributed by atoms with E-state index in [2.05, 4.69) is 12.0 Å². The van der Waals surface area contributed by atoms with E-state index >= 15 is 0 Å². The van der Waals surface area contributed by atoms with E-state index in [9.17, 15) is 14.9 Å². The largest absolute Gasteiger partial charge is 0.488 e. The maximum Gasteiger partial charge on any atom is 0.410 e. The number of rotatable bonds is 2. The first-order valence-electron chi connectivity index (χ1n) is 8.16. The van der Waals surface area contributed by atoms with Crippen molar-refractivity contribution in [1.82, 2.24) is 14.7 Å². The van der Waals surface area contributed by atoms with Crippen LogP contribution in [0, 0.1) is 23.0 Å². The number of carbonyl (C=O) groups excluding carboxylic acids is 1. The van der Waals surface area contributed by atoms with E-state index in [1.165, 1.54) is 18.8 Å². The molecular weight excluding hydrogens is 328 g/mol. The van der Waals surface area contributed by atoms with Crippen molar-refractivity contribution in [3.63, 3.8) is 0 Å². The van der Waals surface area contributed by atoms with Crippen LogP contribution in [0.15, 0.2) is 0 Å². The number of likely N-dealkylation sites (tertiary alicyclic amines) is 1. The molecular formula is C16H28N4O5. The SMILES string of the molecule is CC1CCN(C(=O)OC(C)(C)C)C1.COc1c(C)nn(C)c1[N+](=O)[O-]. The number of carbonyl (C=O) groups is 1. The minimum atomic E-state index is -0.515. The van der Waals surface area contributed by atoms with Crippen molar-refractivity contribution < 1.29 is 19.2 Å². The van der Waals surface area contributed by atoms with Gasteiger partial charge in [-0.1, -0.05) is 12.0 Å². The summed E-state index contributed by atoms with van der Waals surface area (Å²) in [5.41, 5.74) is 0.148. The minimum Gasteiger partial charge on any atom is -0.488 e. The lowest BCUT2D eigenvalue weighted by Gasteiger charge is -2.24. The van der Waals surface area contributed by atoms with E-state index in [1.807, 2.05) is 20.8 Å². The minimum absolute atomic E-state index is 0.116.